The third kappa shape index (κ3) is 6.83. The van der Waals surface area contributed by atoms with Gasteiger partial charge in [-0.1, -0.05) is 36.7 Å². The monoisotopic (exact) mass is 478 g/mol. The van der Waals surface area contributed by atoms with Gasteiger partial charge in [0.25, 0.3) is 5.91 Å². The minimum atomic E-state index is -0.281. The van der Waals surface area contributed by atoms with E-state index in [-0.39, 0.29) is 24.3 Å². The molecule has 0 aliphatic rings. The quantitative estimate of drug-likeness (QED) is 0.383. The van der Waals surface area contributed by atoms with E-state index in [1.165, 1.54) is 0 Å². The first-order valence-electron chi connectivity index (χ1n) is 10.9. The average molecular weight is 479 g/mol. The van der Waals surface area contributed by atoms with Crippen LogP contribution in [0, 0.1) is 0 Å². The Bertz CT molecular complexity index is 1150. The molecule has 0 aromatic heterocycles. The standard InChI is InChI=1S/C26H27ClN4O3/c1-3-7-24(32)30-20-14-15-22(27)23(16-20)28-17-25(33)29-19-12-10-18(11-13-19)26(34)31(2)21-8-5-4-6-9-21/h4-6,8-16,28H,3,7,17H2,1-2H3,(H,29,33)(H,30,32). The molecule has 3 amide bonds. The van der Waals surface area contributed by atoms with Crippen LogP contribution in [0.5, 0.6) is 0 Å². The summed E-state index contributed by atoms with van der Waals surface area (Å²) >= 11 is 6.21. The molecule has 0 saturated carbocycles. The van der Waals surface area contributed by atoms with Crippen LogP contribution in [0.1, 0.15) is 30.1 Å². The molecule has 0 spiro atoms. The van der Waals surface area contributed by atoms with Gasteiger partial charge in [-0.05, 0) is 61.0 Å². The van der Waals surface area contributed by atoms with Crippen LogP contribution in [0.15, 0.2) is 72.8 Å². The van der Waals surface area contributed by atoms with Gasteiger partial charge in [-0.2, -0.15) is 0 Å². The third-order valence-corrected chi connectivity index (χ3v) is 5.36. The SMILES string of the molecule is CCCC(=O)Nc1ccc(Cl)c(NCC(=O)Nc2ccc(C(=O)N(C)c3ccccc3)cc2)c1. The Hall–Kier alpha value is -3.84. The summed E-state index contributed by atoms with van der Waals surface area (Å²) in [6, 6.07) is 21.1. The number of hydrogen-bond acceptors (Lipinski definition) is 4. The van der Waals surface area contributed by atoms with Crippen LogP contribution in [0.4, 0.5) is 22.7 Å². The van der Waals surface area contributed by atoms with Crippen molar-refractivity contribution in [3.05, 3.63) is 83.4 Å². The number of hydrogen-bond donors (Lipinski definition) is 3. The van der Waals surface area contributed by atoms with Crippen LogP contribution >= 0.6 is 11.6 Å². The molecule has 176 valence electrons. The molecule has 3 rings (SSSR count). The molecule has 8 heteroatoms. The summed E-state index contributed by atoms with van der Waals surface area (Å²) in [5, 5.41) is 9.01. The highest BCUT2D eigenvalue weighted by atomic mass is 35.5. The number of nitrogens with one attached hydrogen (secondary N) is 3. The van der Waals surface area contributed by atoms with Gasteiger partial charge in [0.15, 0.2) is 0 Å². The van der Waals surface area contributed by atoms with E-state index in [1.54, 1.807) is 54.4 Å². The molecule has 3 aromatic carbocycles. The van der Waals surface area contributed by atoms with Crippen molar-refractivity contribution in [2.75, 3.05) is 34.4 Å². The molecule has 0 bridgehead atoms. The van der Waals surface area contributed by atoms with Crippen molar-refractivity contribution in [2.24, 2.45) is 0 Å². The first-order chi connectivity index (χ1) is 16.4. The first kappa shape index (κ1) is 24.8. The van der Waals surface area contributed by atoms with Crippen LogP contribution < -0.4 is 20.9 Å². The summed E-state index contributed by atoms with van der Waals surface area (Å²) in [6.45, 7) is 1.91. The maximum atomic E-state index is 12.7. The summed E-state index contributed by atoms with van der Waals surface area (Å²) < 4.78 is 0. The lowest BCUT2D eigenvalue weighted by molar-refractivity contribution is -0.116. The van der Waals surface area contributed by atoms with Crippen molar-refractivity contribution in [2.45, 2.75) is 19.8 Å². The van der Waals surface area contributed by atoms with E-state index < -0.39 is 0 Å². The van der Waals surface area contributed by atoms with Crippen LogP contribution in [-0.2, 0) is 9.59 Å². The van der Waals surface area contributed by atoms with Crippen LogP contribution in [0.2, 0.25) is 5.02 Å². The third-order valence-electron chi connectivity index (χ3n) is 5.03. The highest BCUT2D eigenvalue weighted by molar-refractivity contribution is 6.33. The van der Waals surface area contributed by atoms with Crippen molar-refractivity contribution in [3.63, 3.8) is 0 Å². The summed E-state index contributed by atoms with van der Waals surface area (Å²) in [7, 11) is 1.72. The summed E-state index contributed by atoms with van der Waals surface area (Å²) in [5.74, 6) is -0.506. The first-order valence-corrected chi connectivity index (χ1v) is 11.3. The Morgan fingerprint density at radius 3 is 2.18 bits per heavy atom. The lowest BCUT2D eigenvalue weighted by Crippen LogP contribution is -2.26. The fraction of sp³-hybridized carbons (Fsp3) is 0.192. The van der Waals surface area contributed by atoms with Gasteiger partial charge < -0.3 is 20.9 Å². The number of carbonyl (C=O) groups is 3. The highest BCUT2D eigenvalue weighted by Gasteiger charge is 2.13. The molecule has 0 heterocycles. The largest absolute Gasteiger partial charge is 0.375 e. The van der Waals surface area contributed by atoms with Crippen molar-refractivity contribution < 1.29 is 14.4 Å². The maximum absolute atomic E-state index is 12.7. The number of para-hydroxylation sites is 1. The lowest BCUT2D eigenvalue weighted by Gasteiger charge is -2.17. The number of rotatable bonds is 9. The molecule has 0 aliphatic carbocycles. The average Bonchev–Trinajstić information content (AvgIpc) is 2.84. The number of nitrogens with zero attached hydrogens (tertiary/aromatic N) is 1. The van der Waals surface area contributed by atoms with E-state index in [2.05, 4.69) is 16.0 Å². The van der Waals surface area contributed by atoms with Gasteiger partial charge >= 0.3 is 0 Å². The van der Waals surface area contributed by atoms with E-state index >= 15 is 0 Å². The van der Waals surface area contributed by atoms with Gasteiger partial charge in [0.2, 0.25) is 11.8 Å². The Kier molecular flexibility index (Phi) is 8.65. The fourth-order valence-corrected chi connectivity index (χ4v) is 3.41. The van der Waals surface area contributed by atoms with E-state index in [4.69, 9.17) is 11.6 Å². The Labute approximate surface area is 204 Å². The number of halogens is 1. The zero-order valence-electron chi connectivity index (χ0n) is 19.1. The topological polar surface area (TPSA) is 90.5 Å². The zero-order chi connectivity index (χ0) is 24.5. The normalized spacial score (nSPS) is 10.3. The molecule has 3 aromatic rings. The molecule has 0 aliphatic heterocycles. The Balaban J connectivity index is 1.55. The Morgan fingerprint density at radius 2 is 1.50 bits per heavy atom. The second-order valence-corrected chi connectivity index (χ2v) is 8.08. The van der Waals surface area contributed by atoms with Crippen molar-refractivity contribution in [3.8, 4) is 0 Å². The predicted octanol–water partition coefficient (Wildman–Crippen LogP) is 5.41. The molecular weight excluding hydrogens is 452 g/mol. The minimum Gasteiger partial charge on any atom is -0.375 e. The molecule has 0 atom stereocenters. The summed E-state index contributed by atoms with van der Waals surface area (Å²) in [6.07, 6.45) is 1.18. The minimum absolute atomic E-state index is 0.0243. The number of carbonyl (C=O) groups excluding carboxylic acids is 3. The van der Waals surface area contributed by atoms with Gasteiger partial charge in [-0.3, -0.25) is 14.4 Å². The molecule has 7 nitrogen and oxygen atoms in total. The highest BCUT2D eigenvalue weighted by Crippen LogP contribution is 2.25. The smallest absolute Gasteiger partial charge is 0.258 e. The summed E-state index contributed by atoms with van der Waals surface area (Å²) in [4.78, 5) is 38.5. The van der Waals surface area contributed by atoms with Crippen LogP contribution in [0.3, 0.4) is 0 Å². The molecule has 3 N–H and O–H groups in total. The maximum Gasteiger partial charge on any atom is 0.258 e. The van der Waals surface area contributed by atoms with E-state index in [0.29, 0.717) is 34.1 Å². The van der Waals surface area contributed by atoms with Gasteiger partial charge in [0.1, 0.15) is 0 Å². The molecule has 34 heavy (non-hydrogen) atoms. The van der Waals surface area contributed by atoms with Crippen molar-refractivity contribution >= 4 is 52.1 Å². The molecular formula is C26H27ClN4O3. The number of benzene rings is 3. The second-order valence-electron chi connectivity index (χ2n) is 7.67. The summed E-state index contributed by atoms with van der Waals surface area (Å²) in [5.41, 5.74) is 3.01. The number of anilines is 4. The van der Waals surface area contributed by atoms with Crippen LogP contribution in [0.25, 0.3) is 0 Å². The van der Waals surface area contributed by atoms with E-state index in [1.807, 2.05) is 37.3 Å². The van der Waals surface area contributed by atoms with Gasteiger partial charge in [-0.15, -0.1) is 0 Å². The molecule has 0 saturated heterocycles. The van der Waals surface area contributed by atoms with Gasteiger partial charge in [0.05, 0.1) is 17.3 Å². The fourth-order valence-electron chi connectivity index (χ4n) is 3.23. The number of amides is 3. The Morgan fingerprint density at radius 1 is 0.853 bits per heavy atom. The van der Waals surface area contributed by atoms with Gasteiger partial charge in [0, 0.05) is 36.1 Å². The zero-order valence-corrected chi connectivity index (χ0v) is 19.9. The van der Waals surface area contributed by atoms with Crippen molar-refractivity contribution in [1.29, 1.82) is 0 Å². The molecule has 0 fully saturated rings. The van der Waals surface area contributed by atoms with Crippen molar-refractivity contribution in [1.82, 2.24) is 0 Å². The van der Waals surface area contributed by atoms with E-state index in [9.17, 15) is 14.4 Å². The second kappa shape index (κ2) is 11.9. The molecule has 0 unspecified atom stereocenters. The van der Waals surface area contributed by atoms with Crippen LogP contribution in [-0.4, -0.2) is 31.3 Å². The van der Waals surface area contributed by atoms with E-state index in [0.717, 1.165) is 12.1 Å². The predicted molar refractivity (Wildman–Crippen MR) is 138 cm³/mol. The van der Waals surface area contributed by atoms with Gasteiger partial charge in [-0.25, -0.2) is 0 Å². The molecule has 0 radical (unpaired) electrons. The lowest BCUT2D eigenvalue weighted by atomic mass is 10.1.